The first kappa shape index (κ1) is 15.3. The Morgan fingerprint density at radius 1 is 1.30 bits per heavy atom. The molecule has 1 saturated carbocycles. The summed E-state index contributed by atoms with van der Waals surface area (Å²) in [7, 11) is 0. The molecule has 0 saturated heterocycles. The van der Waals surface area contributed by atoms with Crippen molar-refractivity contribution in [3.63, 3.8) is 0 Å². The highest BCUT2D eigenvalue weighted by Gasteiger charge is 2.17. The van der Waals surface area contributed by atoms with Crippen LogP contribution in [0.3, 0.4) is 0 Å². The van der Waals surface area contributed by atoms with Crippen molar-refractivity contribution in [2.45, 2.75) is 58.9 Å². The average Bonchev–Trinajstić information content (AvgIpc) is 2.39. The Morgan fingerprint density at radius 2 is 2.15 bits per heavy atom. The summed E-state index contributed by atoms with van der Waals surface area (Å²) < 4.78 is 5.88. The van der Waals surface area contributed by atoms with Crippen molar-refractivity contribution in [2.24, 2.45) is 5.92 Å². The molecule has 0 bridgehead atoms. The summed E-state index contributed by atoms with van der Waals surface area (Å²) in [5, 5.41) is 3.37. The van der Waals surface area contributed by atoms with Crippen LogP contribution in [0.4, 0.5) is 0 Å². The van der Waals surface area contributed by atoms with E-state index in [9.17, 15) is 0 Å². The van der Waals surface area contributed by atoms with Gasteiger partial charge in [0.1, 0.15) is 0 Å². The Morgan fingerprint density at radius 3 is 2.80 bits per heavy atom. The van der Waals surface area contributed by atoms with Crippen LogP contribution in [-0.2, 0) is 13.0 Å². The zero-order chi connectivity index (χ0) is 14.2. The Balaban J connectivity index is 1.91. The Labute approximate surface area is 123 Å². The number of nitrogens with one attached hydrogen (secondary N) is 1. The van der Waals surface area contributed by atoms with Crippen molar-refractivity contribution in [1.29, 1.82) is 0 Å². The van der Waals surface area contributed by atoms with Gasteiger partial charge in [-0.05, 0) is 36.9 Å². The molecule has 0 atom stereocenters. The number of aromatic nitrogens is 1. The maximum Gasteiger partial charge on any atom is 0.213 e. The third-order valence-corrected chi connectivity index (χ3v) is 4.00. The molecule has 20 heavy (non-hydrogen) atoms. The van der Waals surface area contributed by atoms with E-state index in [4.69, 9.17) is 4.74 Å². The second kappa shape index (κ2) is 8.25. The van der Waals surface area contributed by atoms with E-state index < -0.39 is 0 Å². The third-order valence-electron chi connectivity index (χ3n) is 4.00. The molecule has 0 spiro atoms. The number of ether oxygens (including phenoxy) is 1. The Bertz CT molecular complexity index is 402. The van der Waals surface area contributed by atoms with Crippen molar-refractivity contribution in [3.05, 3.63) is 23.4 Å². The lowest BCUT2D eigenvalue weighted by Crippen LogP contribution is -2.15. The lowest BCUT2D eigenvalue weighted by atomic mass is 9.83. The minimum absolute atomic E-state index is 0.808. The number of pyridine rings is 1. The summed E-state index contributed by atoms with van der Waals surface area (Å²) in [5.74, 6) is 1.71. The van der Waals surface area contributed by atoms with Crippen molar-refractivity contribution >= 4 is 0 Å². The zero-order valence-electron chi connectivity index (χ0n) is 13.0. The van der Waals surface area contributed by atoms with Crippen molar-refractivity contribution in [2.75, 3.05) is 13.2 Å². The predicted molar refractivity (Wildman–Crippen MR) is 83.1 cm³/mol. The second-order valence-electron chi connectivity index (χ2n) is 5.77. The molecule has 112 valence electrons. The maximum atomic E-state index is 5.88. The molecule has 0 unspecified atom stereocenters. The lowest BCUT2D eigenvalue weighted by molar-refractivity contribution is 0.217. The molecule has 2 rings (SSSR count). The number of aryl methyl sites for hydroxylation is 1. The summed E-state index contributed by atoms with van der Waals surface area (Å²) in [6.07, 6.45) is 7.51. The standard InChI is InChI=1S/C17H28N2O/c1-3-6-16-11-15(13-18-4-2)12-17(19-16)20-10-9-14-7-5-8-14/h11-12,14,18H,3-10,13H2,1-2H3. The molecular weight excluding hydrogens is 248 g/mol. The average molecular weight is 276 g/mol. The fraction of sp³-hybridized carbons (Fsp3) is 0.706. The summed E-state index contributed by atoms with van der Waals surface area (Å²) in [5.41, 5.74) is 2.44. The topological polar surface area (TPSA) is 34.1 Å². The fourth-order valence-corrected chi connectivity index (χ4v) is 2.56. The predicted octanol–water partition coefficient (Wildman–Crippen LogP) is 3.71. The van der Waals surface area contributed by atoms with Gasteiger partial charge >= 0.3 is 0 Å². The first-order valence-corrected chi connectivity index (χ1v) is 8.15. The van der Waals surface area contributed by atoms with Gasteiger partial charge in [0.05, 0.1) is 6.61 Å². The Hall–Kier alpha value is -1.09. The van der Waals surface area contributed by atoms with Crippen molar-refractivity contribution < 1.29 is 4.74 Å². The van der Waals surface area contributed by atoms with Crippen LogP contribution in [0.2, 0.25) is 0 Å². The lowest BCUT2D eigenvalue weighted by Gasteiger charge is -2.24. The van der Waals surface area contributed by atoms with Gasteiger partial charge in [-0.1, -0.05) is 39.5 Å². The van der Waals surface area contributed by atoms with Crippen LogP contribution in [0.1, 0.15) is 57.2 Å². The number of rotatable bonds is 9. The SMILES string of the molecule is CCCc1cc(CNCC)cc(OCCC2CCC2)n1. The molecule has 1 aliphatic carbocycles. The molecule has 0 aliphatic heterocycles. The van der Waals surface area contributed by atoms with Crippen LogP contribution >= 0.6 is 0 Å². The highest BCUT2D eigenvalue weighted by Crippen LogP contribution is 2.29. The van der Waals surface area contributed by atoms with Crippen LogP contribution in [0.5, 0.6) is 5.88 Å². The number of hydrogen-bond acceptors (Lipinski definition) is 3. The molecule has 3 nitrogen and oxygen atoms in total. The van der Waals surface area contributed by atoms with E-state index in [-0.39, 0.29) is 0 Å². The molecular formula is C17H28N2O. The zero-order valence-corrected chi connectivity index (χ0v) is 13.0. The summed E-state index contributed by atoms with van der Waals surface area (Å²) in [6, 6.07) is 4.29. The highest BCUT2D eigenvalue weighted by atomic mass is 16.5. The van der Waals surface area contributed by atoms with Crippen LogP contribution in [-0.4, -0.2) is 18.1 Å². The van der Waals surface area contributed by atoms with E-state index >= 15 is 0 Å². The van der Waals surface area contributed by atoms with E-state index in [1.54, 1.807) is 0 Å². The summed E-state index contributed by atoms with van der Waals surface area (Å²) >= 11 is 0. The minimum Gasteiger partial charge on any atom is -0.478 e. The smallest absolute Gasteiger partial charge is 0.213 e. The van der Waals surface area contributed by atoms with Gasteiger partial charge in [0, 0.05) is 18.3 Å². The summed E-state index contributed by atoms with van der Waals surface area (Å²) in [6.45, 7) is 7.02. The van der Waals surface area contributed by atoms with Gasteiger partial charge in [0.15, 0.2) is 0 Å². The quantitative estimate of drug-likeness (QED) is 0.746. The van der Waals surface area contributed by atoms with E-state index in [0.717, 1.165) is 50.0 Å². The van der Waals surface area contributed by atoms with Crippen LogP contribution in [0, 0.1) is 5.92 Å². The molecule has 1 aliphatic rings. The van der Waals surface area contributed by atoms with Crippen molar-refractivity contribution in [1.82, 2.24) is 10.3 Å². The van der Waals surface area contributed by atoms with Crippen molar-refractivity contribution in [3.8, 4) is 5.88 Å². The Kier molecular flexibility index (Phi) is 6.31. The molecule has 0 amide bonds. The van der Waals surface area contributed by atoms with Crippen LogP contribution in [0.15, 0.2) is 12.1 Å². The van der Waals surface area contributed by atoms with Crippen LogP contribution in [0.25, 0.3) is 0 Å². The van der Waals surface area contributed by atoms with E-state index in [1.807, 2.05) is 0 Å². The molecule has 1 heterocycles. The minimum atomic E-state index is 0.808. The fourth-order valence-electron chi connectivity index (χ4n) is 2.56. The summed E-state index contributed by atoms with van der Waals surface area (Å²) in [4.78, 5) is 4.62. The number of hydrogen-bond donors (Lipinski definition) is 1. The molecule has 0 aromatic carbocycles. The molecule has 1 fully saturated rings. The highest BCUT2D eigenvalue weighted by molar-refractivity contribution is 5.25. The van der Waals surface area contributed by atoms with Gasteiger partial charge in [0.2, 0.25) is 5.88 Å². The maximum absolute atomic E-state index is 5.88. The molecule has 1 aromatic rings. The first-order valence-electron chi connectivity index (χ1n) is 8.15. The molecule has 1 aromatic heterocycles. The molecule has 0 radical (unpaired) electrons. The van der Waals surface area contributed by atoms with Gasteiger partial charge in [-0.15, -0.1) is 0 Å². The molecule has 1 N–H and O–H groups in total. The number of nitrogens with zero attached hydrogens (tertiary/aromatic N) is 1. The normalized spacial score (nSPS) is 15.1. The van der Waals surface area contributed by atoms with Gasteiger partial charge in [0.25, 0.3) is 0 Å². The third kappa shape index (κ3) is 4.78. The van der Waals surface area contributed by atoms with Gasteiger partial charge < -0.3 is 10.1 Å². The van der Waals surface area contributed by atoms with Gasteiger partial charge in [-0.2, -0.15) is 0 Å². The monoisotopic (exact) mass is 276 g/mol. The van der Waals surface area contributed by atoms with Gasteiger partial charge in [-0.25, -0.2) is 4.98 Å². The first-order chi connectivity index (χ1) is 9.81. The largest absolute Gasteiger partial charge is 0.478 e. The molecule has 3 heteroatoms. The van der Waals surface area contributed by atoms with E-state index in [1.165, 1.54) is 31.2 Å². The van der Waals surface area contributed by atoms with Gasteiger partial charge in [-0.3, -0.25) is 0 Å². The van der Waals surface area contributed by atoms with E-state index in [0.29, 0.717) is 0 Å². The van der Waals surface area contributed by atoms with Crippen LogP contribution < -0.4 is 10.1 Å². The van der Waals surface area contributed by atoms with E-state index in [2.05, 4.69) is 36.3 Å². The second-order valence-corrected chi connectivity index (χ2v) is 5.77.